The number of benzene rings is 1. The predicted molar refractivity (Wildman–Crippen MR) is 57.1 cm³/mol. The molecule has 0 amide bonds. The van der Waals surface area contributed by atoms with E-state index in [-0.39, 0.29) is 11.6 Å². The molecule has 4 heteroatoms. The highest BCUT2D eigenvalue weighted by Crippen LogP contribution is 2.10. The van der Waals surface area contributed by atoms with E-state index in [2.05, 4.69) is 0 Å². The molecule has 0 radical (unpaired) electrons. The van der Waals surface area contributed by atoms with Crippen molar-refractivity contribution in [3.8, 4) is 0 Å². The van der Waals surface area contributed by atoms with Gasteiger partial charge in [0.2, 0.25) is 5.71 Å². The molecule has 84 valence electrons. The molecule has 0 fully saturated rings. The van der Waals surface area contributed by atoms with Crippen molar-refractivity contribution in [1.29, 1.82) is 0 Å². The molecule has 2 rings (SSSR count). The van der Waals surface area contributed by atoms with Gasteiger partial charge in [0.15, 0.2) is 19.4 Å². The van der Waals surface area contributed by atoms with Crippen molar-refractivity contribution in [2.24, 2.45) is 0 Å². The van der Waals surface area contributed by atoms with Gasteiger partial charge in [-0.05, 0) is 29.0 Å². The van der Waals surface area contributed by atoms with Gasteiger partial charge in [-0.1, -0.05) is 0 Å². The largest absolute Gasteiger partial charge is 0.294 e. The van der Waals surface area contributed by atoms with E-state index in [4.69, 9.17) is 4.84 Å². The maximum Gasteiger partial charge on any atom is 0.215 e. The highest BCUT2D eigenvalue weighted by molar-refractivity contribution is 6.08. The summed E-state index contributed by atoms with van der Waals surface area (Å²) in [4.78, 5) is 17.0. The van der Waals surface area contributed by atoms with Crippen LogP contribution in [-0.4, -0.2) is 29.9 Å². The third-order valence-corrected chi connectivity index (χ3v) is 2.65. The highest BCUT2D eigenvalue weighted by Gasteiger charge is 2.24. The van der Waals surface area contributed by atoms with Gasteiger partial charge < -0.3 is 0 Å². The zero-order chi connectivity index (χ0) is 11.5. The van der Waals surface area contributed by atoms with Gasteiger partial charge in [0.05, 0.1) is 12.8 Å². The number of hydrogen-bond donors (Lipinski definition) is 0. The minimum absolute atomic E-state index is 0.00708. The normalized spacial score (nSPS) is 15.1. The number of halogens is 1. The molecule has 3 nitrogen and oxygen atoms in total. The van der Waals surface area contributed by atoms with Gasteiger partial charge in [0.25, 0.3) is 0 Å². The van der Waals surface area contributed by atoms with Gasteiger partial charge >= 0.3 is 0 Å². The minimum Gasteiger partial charge on any atom is -0.294 e. The molecule has 1 heterocycles. The Labute approximate surface area is 93.1 Å². The lowest BCUT2D eigenvalue weighted by Crippen LogP contribution is -2.13. The predicted octanol–water partition coefficient (Wildman–Crippen LogP) is 1.82. The first-order valence-corrected chi connectivity index (χ1v) is 5.17. The van der Waals surface area contributed by atoms with Crippen LogP contribution in [0.5, 0.6) is 0 Å². The van der Waals surface area contributed by atoms with Gasteiger partial charge in [-0.2, -0.15) is 0 Å². The maximum absolute atomic E-state index is 12.7. The quantitative estimate of drug-likeness (QED) is 0.576. The number of rotatable bonds is 3. The number of hydroxylamine groups is 1. The molecule has 0 unspecified atom stereocenters. The Morgan fingerprint density at radius 1 is 1.44 bits per heavy atom. The fourth-order valence-corrected chi connectivity index (χ4v) is 1.67. The standard InChI is InChI=1S/C12H13FNO2/c1-14-11(6-7-16-14)8-12(15)9-2-4-10(13)5-3-9/h2-5H,6-8H2,1H3/q+1. The lowest BCUT2D eigenvalue weighted by atomic mass is 10.0. The van der Waals surface area contributed by atoms with Crippen molar-refractivity contribution < 1.29 is 18.8 Å². The monoisotopic (exact) mass is 222 g/mol. The number of carbonyl (C=O) groups excluding carboxylic acids is 1. The van der Waals surface area contributed by atoms with Gasteiger partial charge in [-0.3, -0.25) is 9.63 Å². The smallest absolute Gasteiger partial charge is 0.215 e. The third-order valence-electron chi connectivity index (χ3n) is 2.65. The molecule has 16 heavy (non-hydrogen) atoms. The summed E-state index contributed by atoms with van der Waals surface area (Å²) in [5.41, 5.74) is 1.50. The van der Waals surface area contributed by atoms with Gasteiger partial charge in [-0.25, -0.2) is 4.39 Å². The van der Waals surface area contributed by atoms with E-state index in [0.29, 0.717) is 18.6 Å². The number of carbonyl (C=O) groups is 1. The third kappa shape index (κ3) is 2.27. The molecule has 0 N–H and O–H groups in total. The van der Waals surface area contributed by atoms with Gasteiger partial charge in [-0.15, -0.1) is 0 Å². The Hall–Kier alpha value is -1.71. The molecular formula is C12H13FNO2+. The van der Waals surface area contributed by atoms with E-state index >= 15 is 0 Å². The van der Waals surface area contributed by atoms with Crippen molar-refractivity contribution in [2.75, 3.05) is 13.7 Å². The average Bonchev–Trinajstić information content (AvgIpc) is 2.65. The van der Waals surface area contributed by atoms with Crippen LogP contribution in [0.2, 0.25) is 0 Å². The molecular weight excluding hydrogens is 209 g/mol. The van der Waals surface area contributed by atoms with Gasteiger partial charge in [0, 0.05) is 5.56 Å². The number of hydrogen-bond acceptors (Lipinski definition) is 2. The van der Waals surface area contributed by atoms with E-state index < -0.39 is 0 Å². The van der Waals surface area contributed by atoms with E-state index in [9.17, 15) is 9.18 Å². The molecule has 0 aliphatic carbocycles. The van der Waals surface area contributed by atoms with Crippen molar-refractivity contribution in [3.63, 3.8) is 0 Å². The molecule has 0 bridgehead atoms. The number of nitrogens with zero attached hydrogens (tertiary/aromatic N) is 1. The summed E-state index contributed by atoms with van der Waals surface area (Å²) in [5.74, 6) is -0.335. The molecule has 1 aromatic rings. The Morgan fingerprint density at radius 2 is 2.12 bits per heavy atom. The lowest BCUT2D eigenvalue weighted by molar-refractivity contribution is -0.758. The van der Waals surface area contributed by atoms with Gasteiger partial charge in [0.1, 0.15) is 5.82 Å². The van der Waals surface area contributed by atoms with Crippen LogP contribution < -0.4 is 0 Å². The molecule has 1 aliphatic rings. The summed E-state index contributed by atoms with van der Waals surface area (Å²) in [5, 5.41) is 0. The van der Waals surface area contributed by atoms with Crippen LogP contribution in [0.3, 0.4) is 0 Å². The molecule has 1 aliphatic heterocycles. The van der Waals surface area contributed by atoms with E-state index in [1.807, 2.05) is 0 Å². The van der Waals surface area contributed by atoms with Crippen molar-refractivity contribution >= 4 is 11.5 Å². The second kappa shape index (κ2) is 4.43. The van der Waals surface area contributed by atoms with Crippen LogP contribution in [0.25, 0.3) is 0 Å². The summed E-state index contributed by atoms with van der Waals surface area (Å²) < 4.78 is 14.3. The second-order valence-corrected chi connectivity index (χ2v) is 3.75. The minimum atomic E-state index is -0.328. The summed E-state index contributed by atoms with van der Waals surface area (Å²) in [6, 6.07) is 5.61. The van der Waals surface area contributed by atoms with E-state index in [1.54, 1.807) is 11.8 Å². The van der Waals surface area contributed by atoms with Crippen molar-refractivity contribution in [1.82, 2.24) is 0 Å². The first-order valence-electron chi connectivity index (χ1n) is 5.17. The fraction of sp³-hybridized carbons (Fsp3) is 0.333. The van der Waals surface area contributed by atoms with Crippen LogP contribution in [-0.2, 0) is 4.84 Å². The zero-order valence-electron chi connectivity index (χ0n) is 9.07. The fourth-order valence-electron chi connectivity index (χ4n) is 1.67. The summed E-state index contributed by atoms with van der Waals surface area (Å²) in [6.45, 7) is 0.628. The number of Topliss-reactive ketones (excluding diaryl/α,β-unsaturated/α-hetero) is 1. The van der Waals surface area contributed by atoms with Crippen LogP contribution in [0.15, 0.2) is 24.3 Å². The first-order chi connectivity index (χ1) is 7.66. The highest BCUT2D eigenvalue weighted by atomic mass is 19.1. The topological polar surface area (TPSA) is 29.3 Å². The van der Waals surface area contributed by atoms with Crippen molar-refractivity contribution in [2.45, 2.75) is 12.8 Å². The molecule has 1 aromatic carbocycles. The summed E-state index contributed by atoms with van der Waals surface area (Å²) in [6.07, 6.45) is 1.12. The Kier molecular flexibility index (Phi) is 2.99. The first kappa shape index (κ1) is 10.8. The zero-order valence-corrected chi connectivity index (χ0v) is 9.07. The molecule has 0 saturated carbocycles. The SMILES string of the molecule is C[N+]1=C(CC(=O)c2ccc(F)cc2)CCO1. The van der Waals surface area contributed by atoms with Crippen LogP contribution >= 0.6 is 0 Å². The molecule has 0 saturated heterocycles. The molecule has 0 aromatic heterocycles. The van der Waals surface area contributed by atoms with Crippen LogP contribution in [0.1, 0.15) is 23.2 Å². The van der Waals surface area contributed by atoms with Crippen molar-refractivity contribution in [3.05, 3.63) is 35.6 Å². The second-order valence-electron chi connectivity index (χ2n) is 3.75. The Bertz CT molecular complexity index is 437. The van der Waals surface area contributed by atoms with E-state index in [0.717, 1.165) is 12.1 Å². The average molecular weight is 222 g/mol. The summed E-state index contributed by atoms with van der Waals surface area (Å²) >= 11 is 0. The summed E-state index contributed by atoms with van der Waals surface area (Å²) in [7, 11) is 1.79. The molecule has 0 atom stereocenters. The Balaban J connectivity index is 2.09. The lowest BCUT2D eigenvalue weighted by Gasteiger charge is -1.98. The maximum atomic E-state index is 12.7. The van der Waals surface area contributed by atoms with Crippen LogP contribution in [0.4, 0.5) is 4.39 Å². The number of ketones is 1. The van der Waals surface area contributed by atoms with Crippen LogP contribution in [0, 0.1) is 5.82 Å². The van der Waals surface area contributed by atoms with E-state index in [1.165, 1.54) is 24.3 Å². The molecule has 0 spiro atoms. The Morgan fingerprint density at radius 3 is 2.69 bits per heavy atom.